The van der Waals surface area contributed by atoms with E-state index in [0.29, 0.717) is 18.9 Å². The van der Waals surface area contributed by atoms with Crippen molar-refractivity contribution in [3.8, 4) is 0 Å². The first kappa shape index (κ1) is 19.2. The third-order valence-corrected chi connectivity index (χ3v) is 2.88. The molecule has 7 heteroatoms. The molecular weight excluding hydrogens is 274 g/mol. The molecule has 3 N–H and O–H groups in total. The largest absolute Gasteiger partial charge is 0.480 e. The molecule has 3 amide bonds. The number of hydrogen-bond donors (Lipinski definition) is 3. The number of carbonyl (C=O) groups excluding carboxylic acids is 2. The summed E-state index contributed by atoms with van der Waals surface area (Å²) >= 11 is 0. The molecule has 0 aliphatic heterocycles. The molecule has 0 aromatic rings. The molecular formula is C14H27N3O4. The summed E-state index contributed by atoms with van der Waals surface area (Å²) in [4.78, 5) is 35.7. The van der Waals surface area contributed by atoms with Gasteiger partial charge in [0.15, 0.2) is 0 Å². The number of hydrogen-bond acceptors (Lipinski definition) is 3. The number of amides is 3. The Morgan fingerprint density at radius 2 is 1.86 bits per heavy atom. The van der Waals surface area contributed by atoms with Crippen LogP contribution in [0.4, 0.5) is 4.79 Å². The van der Waals surface area contributed by atoms with Crippen LogP contribution < -0.4 is 10.6 Å². The van der Waals surface area contributed by atoms with E-state index in [2.05, 4.69) is 10.6 Å². The molecule has 0 radical (unpaired) electrons. The van der Waals surface area contributed by atoms with Gasteiger partial charge in [-0.1, -0.05) is 33.6 Å². The van der Waals surface area contributed by atoms with E-state index in [4.69, 9.17) is 5.11 Å². The van der Waals surface area contributed by atoms with E-state index >= 15 is 0 Å². The number of aliphatic carboxylic acids is 1. The molecule has 1 atom stereocenters. The number of carboxylic acid groups (broad SMARTS) is 1. The van der Waals surface area contributed by atoms with Crippen LogP contribution in [0.5, 0.6) is 0 Å². The van der Waals surface area contributed by atoms with E-state index in [1.165, 1.54) is 11.9 Å². The molecule has 0 bridgehead atoms. The van der Waals surface area contributed by atoms with E-state index in [0.717, 1.165) is 12.8 Å². The van der Waals surface area contributed by atoms with Gasteiger partial charge in [-0.3, -0.25) is 4.79 Å². The van der Waals surface area contributed by atoms with E-state index < -0.39 is 18.0 Å². The van der Waals surface area contributed by atoms with Crippen molar-refractivity contribution in [1.29, 1.82) is 0 Å². The predicted octanol–water partition coefficient (Wildman–Crippen LogP) is 1.04. The van der Waals surface area contributed by atoms with Crippen molar-refractivity contribution < 1.29 is 19.5 Å². The van der Waals surface area contributed by atoms with Gasteiger partial charge in [0.2, 0.25) is 5.91 Å². The molecule has 0 rings (SSSR count). The normalized spacial score (nSPS) is 11.9. The average molecular weight is 301 g/mol. The van der Waals surface area contributed by atoms with Gasteiger partial charge >= 0.3 is 12.0 Å². The summed E-state index contributed by atoms with van der Waals surface area (Å²) in [7, 11) is 1.46. The molecule has 122 valence electrons. The van der Waals surface area contributed by atoms with E-state index in [1.807, 2.05) is 20.8 Å². The second kappa shape index (κ2) is 10.0. The molecule has 0 unspecified atom stereocenters. The minimum absolute atomic E-state index is 0.0985. The third kappa shape index (κ3) is 8.88. The maximum Gasteiger partial charge on any atom is 0.326 e. The maximum absolute atomic E-state index is 11.9. The van der Waals surface area contributed by atoms with E-state index in [-0.39, 0.29) is 12.5 Å². The van der Waals surface area contributed by atoms with Crippen molar-refractivity contribution >= 4 is 17.9 Å². The fraction of sp³-hybridized carbons (Fsp3) is 0.786. The first-order chi connectivity index (χ1) is 9.77. The zero-order valence-corrected chi connectivity index (χ0v) is 13.3. The Labute approximate surface area is 126 Å². The summed E-state index contributed by atoms with van der Waals surface area (Å²) in [6.07, 6.45) is 1.95. The van der Waals surface area contributed by atoms with Crippen LogP contribution in [-0.2, 0) is 9.59 Å². The molecule has 21 heavy (non-hydrogen) atoms. The molecule has 0 aromatic carbocycles. The van der Waals surface area contributed by atoms with Crippen LogP contribution in [0.15, 0.2) is 0 Å². The highest BCUT2D eigenvalue weighted by Gasteiger charge is 2.22. The van der Waals surface area contributed by atoms with Crippen LogP contribution in [0.25, 0.3) is 0 Å². The minimum atomic E-state index is -1.06. The van der Waals surface area contributed by atoms with Crippen molar-refractivity contribution in [2.75, 3.05) is 20.1 Å². The summed E-state index contributed by atoms with van der Waals surface area (Å²) in [6, 6.07) is -1.48. The van der Waals surface area contributed by atoms with Gasteiger partial charge in [0, 0.05) is 13.6 Å². The number of carboxylic acids is 1. The number of nitrogens with zero attached hydrogens (tertiary/aromatic N) is 1. The van der Waals surface area contributed by atoms with Gasteiger partial charge in [-0.15, -0.1) is 0 Å². The van der Waals surface area contributed by atoms with Crippen molar-refractivity contribution in [1.82, 2.24) is 15.5 Å². The van der Waals surface area contributed by atoms with E-state index in [1.54, 1.807) is 0 Å². The predicted molar refractivity (Wildman–Crippen MR) is 80.0 cm³/mol. The maximum atomic E-state index is 11.9. The van der Waals surface area contributed by atoms with Gasteiger partial charge in [0.05, 0.1) is 0 Å². The molecule has 0 saturated heterocycles. The Hall–Kier alpha value is -1.79. The van der Waals surface area contributed by atoms with Crippen LogP contribution in [0, 0.1) is 5.92 Å². The summed E-state index contributed by atoms with van der Waals surface area (Å²) < 4.78 is 0. The summed E-state index contributed by atoms with van der Waals surface area (Å²) in [5.41, 5.74) is 0. The molecule has 0 aliphatic carbocycles. The quantitative estimate of drug-likeness (QED) is 0.592. The summed E-state index contributed by atoms with van der Waals surface area (Å²) in [5, 5.41) is 14.2. The highest BCUT2D eigenvalue weighted by molar-refractivity contribution is 5.86. The Morgan fingerprint density at radius 3 is 2.33 bits per heavy atom. The fourth-order valence-electron chi connectivity index (χ4n) is 1.59. The number of urea groups is 1. The summed E-state index contributed by atoms with van der Waals surface area (Å²) in [6.45, 7) is 6.34. The highest BCUT2D eigenvalue weighted by Crippen LogP contribution is 2.01. The lowest BCUT2D eigenvalue weighted by molar-refractivity contribution is -0.139. The van der Waals surface area contributed by atoms with Crippen molar-refractivity contribution in [3.05, 3.63) is 0 Å². The molecule has 0 fully saturated rings. The number of carbonyl (C=O) groups is 3. The van der Waals surface area contributed by atoms with Crippen molar-refractivity contribution in [3.63, 3.8) is 0 Å². The smallest absolute Gasteiger partial charge is 0.326 e. The first-order valence-electron chi connectivity index (χ1n) is 7.29. The standard InChI is InChI=1S/C14H27N3O4/c1-5-6-7-11(13(19)20)16-14(21)17(4)9-12(18)15-8-10(2)3/h10-11H,5-9H2,1-4H3,(H,15,18)(H,16,21)(H,19,20)/t11-/m0/s1. The average Bonchev–Trinajstić information content (AvgIpc) is 2.40. The zero-order valence-electron chi connectivity index (χ0n) is 13.3. The van der Waals surface area contributed by atoms with Gasteiger partial charge in [-0.25, -0.2) is 9.59 Å². The Bertz CT molecular complexity index is 358. The number of nitrogens with one attached hydrogen (secondary N) is 2. The van der Waals surface area contributed by atoms with Crippen LogP contribution in [0.3, 0.4) is 0 Å². The molecule has 0 aliphatic rings. The summed E-state index contributed by atoms with van der Waals surface area (Å²) in [5.74, 6) is -0.991. The fourth-order valence-corrected chi connectivity index (χ4v) is 1.59. The molecule has 0 spiro atoms. The SMILES string of the molecule is CCCC[C@H](NC(=O)N(C)CC(=O)NCC(C)C)C(=O)O. The third-order valence-electron chi connectivity index (χ3n) is 2.88. The van der Waals surface area contributed by atoms with Crippen LogP contribution in [0.1, 0.15) is 40.0 Å². The van der Waals surface area contributed by atoms with Gasteiger partial charge in [0.25, 0.3) is 0 Å². The Balaban J connectivity index is 4.29. The molecule has 0 heterocycles. The zero-order chi connectivity index (χ0) is 16.4. The lowest BCUT2D eigenvalue weighted by Crippen LogP contribution is -2.49. The van der Waals surface area contributed by atoms with Gasteiger partial charge in [-0.2, -0.15) is 0 Å². The van der Waals surface area contributed by atoms with Gasteiger partial charge in [0.1, 0.15) is 12.6 Å². The molecule has 0 saturated carbocycles. The number of likely N-dealkylation sites (N-methyl/N-ethyl adjacent to an activating group) is 1. The Kier molecular flexibility index (Phi) is 9.16. The van der Waals surface area contributed by atoms with Crippen LogP contribution in [0.2, 0.25) is 0 Å². The van der Waals surface area contributed by atoms with Gasteiger partial charge in [-0.05, 0) is 12.3 Å². The number of rotatable bonds is 9. The monoisotopic (exact) mass is 301 g/mol. The minimum Gasteiger partial charge on any atom is -0.480 e. The van der Waals surface area contributed by atoms with Crippen LogP contribution >= 0.6 is 0 Å². The second-order valence-electron chi connectivity index (χ2n) is 5.54. The van der Waals surface area contributed by atoms with Crippen molar-refractivity contribution in [2.45, 2.75) is 46.1 Å². The lowest BCUT2D eigenvalue weighted by atomic mass is 10.1. The Morgan fingerprint density at radius 1 is 1.24 bits per heavy atom. The van der Waals surface area contributed by atoms with Gasteiger partial charge < -0.3 is 20.6 Å². The highest BCUT2D eigenvalue weighted by atomic mass is 16.4. The topological polar surface area (TPSA) is 98.7 Å². The first-order valence-corrected chi connectivity index (χ1v) is 7.29. The lowest BCUT2D eigenvalue weighted by Gasteiger charge is -2.21. The molecule has 0 aromatic heterocycles. The van der Waals surface area contributed by atoms with Crippen molar-refractivity contribution in [2.24, 2.45) is 5.92 Å². The van der Waals surface area contributed by atoms with Crippen LogP contribution in [-0.4, -0.2) is 54.1 Å². The molecule has 7 nitrogen and oxygen atoms in total. The second-order valence-corrected chi connectivity index (χ2v) is 5.54. The van der Waals surface area contributed by atoms with E-state index in [9.17, 15) is 14.4 Å². The number of unbranched alkanes of at least 4 members (excludes halogenated alkanes) is 1.